The summed E-state index contributed by atoms with van der Waals surface area (Å²) in [5.74, 6) is 3.40. The van der Waals surface area contributed by atoms with Crippen LogP contribution >= 0.6 is 0 Å². The fourth-order valence-electron chi connectivity index (χ4n) is 3.50. The Hall–Kier alpha value is -3.06. The van der Waals surface area contributed by atoms with Crippen molar-refractivity contribution in [1.29, 1.82) is 0 Å². The fraction of sp³-hybridized carbons (Fsp3) is 0.300. The number of imidazole rings is 1. The number of aromatic nitrogens is 3. The van der Waals surface area contributed by atoms with Crippen molar-refractivity contribution in [3.63, 3.8) is 0 Å². The number of likely N-dealkylation sites (N-methyl/N-ethyl adjacent to an activating group) is 1. The third-order valence-corrected chi connectivity index (χ3v) is 5.11. The van der Waals surface area contributed by atoms with Crippen LogP contribution < -0.4 is 14.4 Å². The molecule has 0 aliphatic carbocycles. The van der Waals surface area contributed by atoms with E-state index in [0.29, 0.717) is 0 Å². The molecular weight excluding hydrogens is 342 g/mol. The Morgan fingerprint density at radius 3 is 2.59 bits per heavy atom. The van der Waals surface area contributed by atoms with Crippen LogP contribution in [0.15, 0.2) is 48.9 Å². The second kappa shape index (κ2) is 6.59. The predicted octanol–water partition coefficient (Wildman–Crippen LogP) is 2.41. The minimum Gasteiger partial charge on any atom is -0.454 e. The lowest BCUT2D eigenvalue weighted by molar-refractivity contribution is 0.174. The largest absolute Gasteiger partial charge is 0.454 e. The Labute approximate surface area is 157 Å². The average molecular weight is 363 g/mol. The Bertz CT molecular complexity index is 945. The molecule has 0 radical (unpaired) electrons. The van der Waals surface area contributed by atoms with Gasteiger partial charge in [-0.2, -0.15) is 0 Å². The standard InChI is InChI=1S/C20H21N5O2/c1-23-8-10-24(11-9-23)19-5-3-16(13-22-19)25-7-6-21-20(25)15-2-4-17-18(12-15)27-14-26-17/h2-7,12-13H,8-11,14H2,1H3. The average Bonchev–Trinajstić information content (AvgIpc) is 3.37. The van der Waals surface area contributed by atoms with Gasteiger partial charge in [0.05, 0.1) is 11.9 Å². The van der Waals surface area contributed by atoms with Crippen molar-refractivity contribution in [2.45, 2.75) is 0 Å². The highest BCUT2D eigenvalue weighted by molar-refractivity contribution is 5.64. The maximum Gasteiger partial charge on any atom is 0.231 e. The van der Waals surface area contributed by atoms with Crippen molar-refractivity contribution >= 4 is 5.82 Å². The van der Waals surface area contributed by atoms with Gasteiger partial charge in [0.25, 0.3) is 0 Å². The summed E-state index contributed by atoms with van der Waals surface area (Å²) in [4.78, 5) is 13.9. The first-order valence-corrected chi connectivity index (χ1v) is 9.11. The number of pyridine rings is 1. The molecule has 2 aliphatic heterocycles. The first-order valence-electron chi connectivity index (χ1n) is 9.11. The molecule has 0 bridgehead atoms. The summed E-state index contributed by atoms with van der Waals surface area (Å²) in [7, 11) is 2.16. The lowest BCUT2D eigenvalue weighted by Crippen LogP contribution is -2.44. The molecule has 2 aromatic heterocycles. The van der Waals surface area contributed by atoms with Crippen molar-refractivity contribution in [3.8, 4) is 28.6 Å². The Balaban J connectivity index is 1.42. The molecule has 7 heteroatoms. The number of hydrogen-bond acceptors (Lipinski definition) is 6. The zero-order chi connectivity index (χ0) is 18.2. The molecule has 4 heterocycles. The summed E-state index contributed by atoms with van der Waals surface area (Å²) in [6.45, 7) is 4.43. The Morgan fingerprint density at radius 2 is 1.78 bits per heavy atom. The Morgan fingerprint density at radius 1 is 0.926 bits per heavy atom. The monoisotopic (exact) mass is 363 g/mol. The van der Waals surface area contributed by atoms with Crippen molar-refractivity contribution in [1.82, 2.24) is 19.4 Å². The second-order valence-corrected chi connectivity index (χ2v) is 6.85. The summed E-state index contributed by atoms with van der Waals surface area (Å²) >= 11 is 0. The lowest BCUT2D eigenvalue weighted by Gasteiger charge is -2.33. The van der Waals surface area contributed by atoms with Gasteiger partial charge in [0.2, 0.25) is 6.79 Å². The molecule has 0 spiro atoms. The van der Waals surface area contributed by atoms with Crippen molar-refractivity contribution in [2.75, 3.05) is 44.9 Å². The summed E-state index contributed by atoms with van der Waals surface area (Å²) in [6, 6.07) is 10.1. The predicted molar refractivity (Wildman–Crippen MR) is 103 cm³/mol. The van der Waals surface area contributed by atoms with Crippen LogP contribution in [0.25, 0.3) is 17.1 Å². The molecule has 138 valence electrons. The van der Waals surface area contributed by atoms with E-state index in [1.165, 1.54) is 0 Å². The summed E-state index contributed by atoms with van der Waals surface area (Å²) < 4.78 is 12.9. The molecule has 2 aliphatic rings. The third-order valence-electron chi connectivity index (χ3n) is 5.11. The summed E-state index contributed by atoms with van der Waals surface area (Å²) in [5, 5.41) is 0. The highest BCUT2D eigenvalue weighted by atomic mass is 16.7. The number of rotatable bonds is 3. The lowest BCUT2D eigenvalue weighted by atomic mass is 10.2. The molecule has 1 aromatic carbocycles. The zero-order valence-electron chi connectivity index (χ0n) is 15.2. The van der Waals surface area contributed by atoms with Crippen LogP contribution in [0.5, 0.6) is 11.5 Å². The van der Waals surface area contributed by atoms with Crippen molar-refractivity contribution < 1.29 is 9.47 Å². The van der Waals surface area contributed by atoms with Crippen LogP contribution in [-0.4, -0.2) is 59.5 Å². The van der Waals surface area contributed by atoms with Crippen molar-refractivity contribution in [3.05, 3.63) is 48.9 Å². The van der Waals surface area contributed by atoms with Crippen LogP contribution in [0.2, 0.25) is 0 Å². The second-order valence-electron chi connectivity index (χ2n) is 6.85. The van der Waals surface area contributed by atoms with Gasteiger partial charge in [-0.1, -0.05) is 0 Å². The summed E-state index contributed by atoms with van der Waals surface area (Å²) in [6.07, 6.45) is 5.66. The number of ether oxygens (including phenoxy) is 2. The van der Waals surface area contributed by atoms with E-state index in [0.717, 1.165) is 60.6 Å². The number of hydrogen-bond donors (Lipinski definition) is 0. The molecule has 5 rings (SSSR count). The third kappa shape index (κ3) is 3.00. The molecule has 1 fully saturated rings. The van der Waals surface area contributed by atoms with Gasteiger partial charge in [0.15, 0.2) is 11.5 Å². The van der Waals surface area contributed by atoms with E-state index in [-0.39, 0.29) is 6.79 Å². The molecular formula is C20H21N5O2. The number of nitrogens with zero attached hydrogens (tertiary/aromatic N) is 5. The van der Waals surface area contributed by atoms with Crippen molar-refractivity contribution in [2.24, 2.45) is 0 Å². The van der Waals surface area contributed by atoms with E-state index in [1.54, 1.807) is 6.20 Å². The van der Waals surface area contributed by atoms with Gasteiger partial charge < -0.3 is 19.3 Å². The van der Waals surface area contributed by atoms with Gasteiger partial charge in [0.1, 0.15) is 11.6 Å². The molecule has 0 N–H and O–H groups in total. The number of piperazine rings is 1. The number of anilines is 1. The highest BCUT2D eigenvalue weighted by Gasteiger charge is 2.18. The van der Waals surface area contributed by atoms with Gasteiger partial charge in [-0.15, -0.1) is 0 Å². The Kier molecular flexibility index (Phi) is 3.94. The SMILES string of the molecule is CN1CCN(c2ccc(-n3ccnc3-c3ccc4c(c3)OCO4)cn2)CC1. The first-order chi connectivity index (χ1) is 13.3. The zero-order valence-corrected chi connectivity index (χ0v) is 15.2. The van der Waals surface area contributed by atoms with E-state index < -0.39 is 0 Å². The fourth-order valence-corrected chi connectivity index (χ4v) is 3.50. The van der Waals surface area contributed by atoms with E-state index in [4.69, 9.17) is 14.5 Å². The molecule has 3 aromatic rings. The quantitative estimate of drug-likeness (QED) is 0.712. The van der Waals surface area contributed by atoms with Crippen LogP contribution in [-0.2, 0) is 0 Å². The maximum absolute atomic E-state index is 5.49. The molecule has 0 atom stereocenters. The van der Waals surface area contributed by atoms with Gasteiger partial charge >= 0.3 is 0 Å². The molecule has 0 amide bonds. The number of benzene rings is 1. The molecule has 7 nitrogen and oxygen atoms in total. The van der Waals surface area contributed by atoms with E-state index in [2.05, 4.69) is 34.0 Å². The van der Waals surface area contributed by atoms with E-state index >= 15 is 0 Å². The topological polar surface area (TPSA) is 55.7 Å². The number of fused-ring (bicyclic) bond motifs is 1. The first kappa shape index (κ1) is 16.1. The van der Waals surface area contributed by atoms with Crippen LogP contribution in [0, 0.1) is 0 Å². The highest BCUT2D eigenvalue weighted by Crippen LogP contribution is 2.36. The smallest absolute Gasteiger partial charge is 0.231 e. The molecule has 0 saturated carbocycles. The van der Waals surface area contributed by atoms with Gasteiger partial charge in [-0.3, -0.25) is 4.57 Å². The molecule has 0 unspecified atom stereocenters. The van der Waals surface area contributed by atoms with Crippen LogP contribution in [0.4, 0.5) is 5.82 Å². The van der Waals surface area contributed by atoms with Gasteiger partial charge in [-0.05, 0) is 37.4 Å². The van der Waals surface area contributed by atoms with Crippen LogP contribution in [0.1, 0.15) is 0 Å². The van der Waals surface area contributed by atoms with E-state index in [9.17, 15) is 0 Å². The van der Waals surface area contributed by atoms with E-state index in [1.807, 2.05) is 35.2 Å². The minimum absolute atomic E-state index is 0.269. The minimum atomic E-state index is 0.269. The summed E-state index contributed by atoms with van der Waals surface area (Å²) in [5.41, 5.74) is 1.96. The maximum atomic E-state index is 5.49. The molecule has 27 heavy (non-hydrogen) atoms. The normalized spacial score (nSPS) is 16.7. The van der Waals surface area contributed by atoms with Gasteiger partial charge in [0, 0.05) is 44.1 Å². The van der Waals surface area contributed by atoms with Crippen LogP contribution in [0.3, 0.4) is 0 Å². The van der Waals surface area contributed by atoms with Gasteiger partial charge in [-0.25, -0.2) is 9.97 Å². The molecule has 1 saturated heterocycles.